The van der Waals surface area contributed by atoms with E-state index in [2.05, 4.69) is 60.7 Å². The van der Waals surface area contributed by atoms with Gasteiger partial charge in [-0.2, -0.15) is 0 Å². The number of hydrogen-bond donors (Lipinski definition) is 0. The number of rotatable bonds is 1. The van der Waals surface area contributed by atoms with Gasteiger partial charge in [-0.05, 0) is 36.8 Å². The quantitative estimate of drug-likeness (QED) is 0.603. The summed E-state index contributed by atoms with van der Waals surface area (Å²) in [5.41, 5.74) is 2.82. The molecule has 0 heterocycles. The lowest BCUT2D eigenvalue weighted by molar-refractivity contribution is 0.655. The van der Waals surface area contributed by atoms with Gasteiger partial charge in [0.2, 0.25) is 0 Å². The Morgan fingerprint density at radius 2 is 1.56 bits per heavy atom. The van der Waals surface area contributed by atoms with Crippen molar-refractivity contribution in [1.29, 1.82) is 0 Å². The van der Waals surface area contributed by atoms with E-state index in [9.17, 15) is 0 Å². The van der Waals surface area contributed by atoms with E-state index in [4.69, 9.17) is 0 Å². The second-order valence-corrected chi connectivity index (χ2v) is 4.82. The molecule has 0 spiro atoms. The maximum atomic E-state index is 2.27. The van der Waals surface area contributed by atoms with Crippen molar-refractivity contribution in [3.8, 4) is 0 Å². The van der Waals surface area contributed by atoms with Crippen molar-refractivity contribution in [3.05, 3.63) is 66.3 Å². The van der Waals surface area contributed by atoms with Gasteiger partial charge in [0, 0.05) is 0 Å². The lowest BCUT2D eigenvalue weighted by Gasteiger charge is -2.07. The molecule has 0 fully saturated rings. The fourth-order valence-corrected chi connectivity index (χ4v) is 2.32. The van der Waals surface area contributed by atoms with Gasteiger partial charge in [0.15, 0.2) is 0 Å². The van der Waals surface area contributed by atoms with E-state index in [0.29, 0.717) is 0 Å². The maximum absolute atomic E-state index is 2.27. The van der Waals surface area contributed by atoms with Crippen LogP contribution in [0.1, 0.15) is 44.1 Å². The highest BCUT2D eigenvalue weighted by atomic mass is 14.1. The topological polar surface area (TPSA) is 0 Å². The first-order valence-corrected chi connectivity index (χ1v) is 7.04. The van der Waals surface area contributed by atoms with Crippen LogP contribution in [0.5, 0.6) is 0 Å². The van der Waals surface area contributed by atoms with E-state index in [1.165, 1.54) is 49.7 Å². The molecule has 0 atom stereocenters. The Bertz CT molecular complexity index is 421. The first-order valence-electron chi connectivity index (χ1n) is 7.04. The van der Waals surface area contributed by atoms with Crippen molar-refractivity contribution >= 4 is 5.57 Å². The summed E-state index contributed by atoms with van der Waals surface area (Å²) in [5.74, 6) is 0. The Hall–Kier alpha value is -1.56. The highest BCUT2D eigenvalue weighted by Crippen LogP contribution is 2.22. The molecule has 0 nitrogen and oxygen atoms in total. The van der Waals surface area contributed by atoms with Crippen molar-refractivity contribution in [2.24, 2.45) is 0 Å². The summed E-state index contributed by atoms with van der Waals surface area (Å²) in [6.07, 6.45) is 18.8. The van der Waals surface area contributed by atoms with Crippen molar-refractivity contribution < 1.29 is 0 Å². The van der Waals surface area contributed by atoms with Crippen LogP contribution in [0.25, 0.3) is 5.57 Å². The van der Waals surface area contributed by atoms with Gasteiger partial charge in [0.1, 0.15) is 0 Å². The van der Waals surface area contributed by atoms with Crippen LogP contribution in [0.15, 0.2) is 60.7 Å². The average molecular weight is 238 g/mol. The minimum absolute atomic E-state index is 1.19. The summed E-state index contributed by atoms with van der Waals surface area (Å²) in [5, 5.41) is 0. The average Bonchev–Trinajstić information content (AvgIpc) is 2.40. The van der Waals surface area contributed by atoms with Crippen molar-refractivity contribution in [1.82, 2.24) is 0 Å². The minimum atomic E-state index is 1.19. The van der Waals surface area contributed by atoms with E-state index in [1.54, 1.807) is 0 Å². The highest BCUT2D eigenvalue weighted by Gasteiger charge is 2.00. The standard InChI is InChI=1S/C18H22/c1-2-4-6-9-13-17(14-10-7-5-3-1)18-15-11-8-12-16-18/h2,4,6,8-9,11-13,15-16H,1,3,5,7,10,14H2. The van der Waals surface area contributed by atoms with Crippen LogP contribution in [0, 0.1) is 0 Å². The minimum Gasteiger partial charge on any atom is -0.0845 e. The molecule has 0 aromatic heterocycles. The van der Waals surface area contributed by atoms with Crippen molar-refractivity contribution in [3.63, 3.8) is 0 Å². The molecule has 1 aromatic carbocycles. The molecule has 1 aromatic rings. The normalized spacial score (nSPS) is 17.7. The van der Waals surface area contributed by atoms with Gasteiger partial charge in [-0.3, -0.25) is 0 Å². The van der Waals surface area contributed by atoms with E-state index >= 15 is 0 Å². The van der Waals surface area contributed by atoms with Gasteiger partial charge in [-0.25, -0.2) is 0 Å². The highest BCUT2D eigenvalue weighted by molar-refractivity contribution is 5.66. The van der Waals surface area contributed by atoms with Crippen LogP contribution in [0.3, 0.4) is 0 Å². The molecule has 0 aliphatic heterocycles. The third-order valence-electron chi connectivity index (χ3n) is 3.37. The Labute approximate surface area is 111 Å². The molecule has 0 bridgehead atoms. The zero-order valence-corrected chi connectivity index (χ0v) is 11.0. The van der Waals surface area contributed by atoms with Crippen LogP contribution < -0.4 is 0 Å². The third kappa shape index (κ3) is 4.37. The predicted octanol–water partition coefficient (Wildman–Crippen LogP) is 5.54. The molecule has 0 heteroatoms. The summed E-state index contributed by atoms with van der Waals surface area (Å²) in [6, 6.07) is 10.7. The molecule has 0 radical (unpaired) electrons. The largest absolute Gasteiger partial charge is 0.0845 e. The molecular weight excluding hydrogens is 216 g/mol. The van der Waals surface area contributed by atoms with E-state index in [-0.39, 0.29) is 0 Å². The number of benzene rings is 1. The first kappa shape index (κ1) is 12.9. The molecule has 18 heavy (non-hydrogen) atoms. The van der Waals surface area contributed by atoms with Gasteiger partial charge in [0.05, 0.1) is 0 Å². The van der Waals surface area contributed by atoms with Crippen LogP contribution in [-0.4, -0.2) is 0 Å². The van der Waals surface area contributed by atoms with Crippen LogP contribution in [-0.2, 0) is 0 Å². The molecule has 0 saturated carbocycles. The van der Waals surface area contributed by atoms with Gasteiger partial charge >= 0.3 is 0 Å². The van der Waals surface area contributed by atoms with Crippen LogP contribution in [0.4, 0.5) is 0 Å². The fourth-order valence-electron chi connectivity index (χ4n) is 2.32. The molecule has 2 rings (SSSR count). The molecule has 1 aliphatic carbocycles. The predicted molar refractivity (Wildman–Crippen MR) is 80.4 cm³/mol. The van der Waals surface area contributed by atoms with Gasteiger partial charge < -0.3 is 0 Å². The third-order valence-corrected chi connectivity index (χ3v) is 3.37. The van der Waals surface area contributed by atoms with Gasteiger partial charge in [-0.15, -0.1) is 0 Å². The summed E-state index contributed by atoms with van der Waals surface area (Å²) >= 11 is 0. The van der Waals surface area contributed by atoms with Gasteiger partial charge in [0.25, 0.3) is 0 Å². The van der Waals surface area contributed by atoms with E-state index < -0.39 is 0 Å². The second kappa shape index (κ2) is 7.71. The lowest BCUT2D eigenvalue weighted by atomic mass is 9.98. The second-order valence-electron chi connectivity index (χ2n) is 4.82. The fraction of sp³-hybridized carbons (Fsp3) is 0.333. The summed E-state index contributed by atoms with van der Waals surface area (Å²) in [6.45, 7) is 0. The van der Waals surface area contributed by atoms with Gasteiger partial charge in [-0.1, -0.05) is 73.6 Å². The number of hydrogen-bond acceptors (Lipinski definition) is 0. The Morgan fingerprint density at radius 1 is 0.722 bits per heavy atom. The molecule has 0 N–H and O–H groups in total. The zero-order chi connectivity index (χ0) is 12.5. The summed E-state index contributed by atoms with van der Waals surface area (Å²) < 4.78 is 0. The lowest BCUT2D eigenvalue weighted by Crippen LogP contribution is -1.86. The Balaban J connectivity index is 2.13. The zero-order valence-electron chi connectivity index (χ0n) is 11.0. The molecule has 0 amide bonds. The Morgan fingerprint density at radius 3 is 2.44 bits per heavy atom. The monoisotopic (exact) mass is 238 g/mol. The van der Waals surface area contributed by atoms with E-state index in [0.717, 1.165) is 0 Å². The van der Waals surface area contributed by atoms with Crippen molar-refractivity contribution in [2.45, 2.75) is 38.5 Å². The summed E-state index contributed by atoms with van der Waals surface area (Å²) in [4.78, 5) is 0. The number of allylic oxidation sites excluding steroid dienone is 6. The first-order chi connectivity index (χ1) is 8.97. The van der Waals surface area contributed by atoms with E-state index in [1.807, 2.05) is 0 Å². The molecule has 1 aliphatic rings. The van der Waals surface area contributed by atoms with Crippen molar-refractivity contribution in [2.75, 3.05) is 0 Å². The molecule has 0 saturated heterocycles. The SMILES string of the molecule is C1=CC=C(c2ccccc2)CCCCCCC=C1. The molecule has 0 unspecified atom stereocenters. The smallest absolute Gasteiger partial charge is 0.0225 e. The molecular formula is C18H22. The Kier molecular flexibility index (Phi) is 5.52. The van der Waals surface area contributed by atoms with Crippen LogP contribution >= 0.6 is 0 Å². The molecule has 94 valence electrons. The van der Waals surface area contributed by atoms with Crippen LogP contribution in [0.2, 0.25) is 0 Å². The maximum Gasteiger partial charge on any atom is -0.0225 e. The summed E-state index contributed by atoms with van der Waals surface area (Å²) in [7, 11) is 0.